The van der Waals surface area contributed by atoms with E-state index in [1.807, 2.05) is 32.0 Å². The number of urea groups is 1. The fourth-order valence-electron chi connectivity index (χ4n) is 3.88. The van der Waals surface area contributed by atoms with Crippen LogP contribution in [0.5, 0.6) is 0 Å². The van der Waals surface area contributed by atoms with Crippen molar-refractivity contribution in [3.05, 3.63) is 71.5 Å². The normalized spacial score (nSPS) is 17.1. The summed E-state index contributed by atoms with van der Waals surface area (Å²) in [7, 11) is 0. The zero-order valence-electron chi connectivity index (χ0n) is 18.6. The van der Waals surface area contributed by atoms with Crippen molar-refractivity contribution in [3.63, 3.8) is 0 Å². The summed E-state index contributed by atoms with van der Waals surface area (Å²) in [5.41, 5.74) is 2.61. The fraction of sp³-hybridized carbons (Fsp3) is 0.440. The van der Waals surface area contributed by atoms with E-state index in [9.17, 15) is 9.18 Å². The second-order valence-corrected chi connectivity index (χ2v) is 9.39. The van der Waals surface area contributed by atoms with Crippen LogP contribution < -0.4 is 5.32 Å². The molecule has 1 atom stereocenters. The molecule has 0 bridgehead atoms. The van der Waals surface area contributed by atoms with Crippen molar-refractivity contribution in [2.45, 2.75) is 58.9 Å². The summed E-state index contributed by atoms with van der Waals surface area (Å²) < 4.78 is 13.2. The van der Waals surface area contributed by atoms with E-state index >= 15 is 0 Å². The summed E-state index contributed by atoms with van der Waals surface area (Å²) in [6, 6.07) is 16.5. The van der Waals surface area contributed by atoms with Gasteiger partial charge in [0.2, 0.25) is 0 Å². The van der Waals surface area contributed by atoms with Gasteiger partial charge >= 0.3 is 6.03 Å². The third-order valence-electron chi connectivity index (χ3n) is 5.93. The highest BCUT2D eigenvalue weighted by Gasteiger charge is 2.39. The Kier molecular flexibility index (Phi) is 6.30. The van der Waals surface area contributed by atoms with E-state index in [4.69, 9.17) is 5.10 Å². The molecule has 5 heteroatoms. The molecule has 0 aromatic heterocycles. The number of hydrazone groups is 1. The van der Waals surface area contributed by atoms with Crippen LogP contribution in [0, 0.1) is 11.2 Å². The number of hydrogen-bond acceptors (Lipinski definition) is 2. The Morgan fingerprint density at radius 1 is 1.10 bits per heavy atom. The van der Waals surface area contributed by atoms with E-state index in [1.165, 1.54) is 17.7 Å². The number of rotatable bonds is 6. The summed E-state index contributed by atoms with van der Waals surface area (Å²) in [6.45, 7) is 11.0. The molecule has 1 aliphatic rings. The lowest BCUT2D eigenvalue weighted by molar-refractivity contribution is 0.192. The van der Waals surface area contributed by atoms with Crippen molar-refractivity contribution in [2.75, 3.05) is 6.54 Å². The Morgan fingerprint density at radius 3 is 2.33 bits per heavy atom. The molecule has 1 aliphatic heterocycles. The molecule has 0 spiro atoms. The average molecular weight is 410 g/mol. The number of carbonyl (C=O) groups is 1. The lowest BCUT2D eigenvalue weighted by atomic mass is 9.76. The molecule has 30 heavy (non-hydrogen) atoms. The monoisotopic (exact) mass is 409 g/mol. The first kappa shape index (κ1) is 22.0. The van der Waals surface area contributed by atoms with Crippen LogP contribution in [0.4, 0.5) is 9.18 Å². The predicted octanol–water partition coefficient (Wildman–Crippen LogP) is 5.75. The Labute approximate surface area is 179 Å². The van der Waals surface area contributed by atoms with Crippen LogP contribution in [-0.4, -0.2) is 28.8 Å². The molecule has 3 rings (SSSR count). The fourth-order valence-corrected chi connectivity index (χ4v) is 3.88. The van der Waals surface area contributed by atoms with Crippen LogP contribution in [0.2, 0.25) is 0 Å². The van der Waals surface area contributed by atoms with Gasteiger partial charge in [-0.25, -0.2) is 14.2 Å². The first-order chi connectivity index (χ1) is 14.1. The number of amides is 2. The maximum atomic E-state index is 13.2. The number of carbonyl (C=O) groups excluding carboxylic acids is 1. The van der Waals surface area contributed by atoms with E-state index in [2.05, 4.69) is 38.2 Å². The van der Waals surface area contributed by atoms with Crippen molar-refractivity contribution >= 4 is 11.7 Å². The van der Waals surface area contributed by atoms with E-state index in [1.54, 1.807) is 17.1 Å². The van der Waals surface area contributed by atoms with Crippen molar-refractivity contribution in [2.24, 2.45) is 10.5 Å². The van der Waals surface area contributed by atoms with E-state index in [-0.39, 0.29) is 23.2 Å². The van der Waals surface area contributed by atoms with E-state index in [0.29, 0.717) is 13.0 Å². The van der Waals surface area contributed by atoms with Gasteiger partial charge in [-0.1, -0.05) is 63.2 Å². The molecule has 1 N–H and O–H groups in total. The average Bonchev–Trinajstić information content (AvgIpc) is 3.16. The van der Waals surface area contributed by atoms with Gasteiger partial charge in [0.15, 0.2) is 0 Å². The van der Waals surface area contributed by atoms with Crippen molar-refractivity contribution in [1.82, 2.24) is 10.3 Å². The number of halogens is 1. The summed E-state index contributed by atoms with van der Waals surface area (Å²) in [6.07, 6.45) is 1.55. The zero-order valence-corrected chi connectivity index (χ0v) is 18.6. The van der Waals surface area contributed by atoms with Gasteiger partial charge in [0.1, 0.15) is 5.82 Å². The molecular weight excluding hydrogens is 377 g/mol. The Bertz CT molecular complexity index is 904. The van der Waals surface area contributed by atoms with Gasteiger partial charge in [0.25, 0.3) is 0 Å². The lowest BCUT2D eigenvalue weighted by Gasteiger charge is -2.28. The number of nitrogens with one attached hydrogen (secondary N) is 1. The Hall–Kier alpha value is -2.69. The van der Waals surface area contributed by atoms with Gasteiger partial charge < -0.3 is 5.32 Å². The van der Waals surface area contributed by atoms with E-state index in [0.717, 1.165) is 17.7 Å². The van der Waals surface area contributed by atoms with Gasteiger partial charge in [0.05, 0.1) is 12.3 Å². The molecule has 2 amide bonds. The van der Waals surface area contributed by atoms with Crippen LogP contribution in [0.1, 0.15) is 58.1 Å². The molecule has 0 radical (unpaired) electrons. The summed E-state index contributed by atoms with van der Waals surface area (Å²) in [5, 5.41) is 9.46. The second kappa shape index (κ2) is 8.58. The van der Waals surface area contributed by atoms with Gasteiger partial charge in [-0.15, -0.1) is 0 Å². The molecule has 160 valence electrons. The second-order valence-electron chi connectivity index (χ2n) is 9.39. The highest BCUT2D eigenvalue weighted by atomic mass is 19.1. The third-order valence-corrected chi connectivity index (χ3v) is 5.93. The smallest absolute Gasteiger partial charge is 0.331 e. The SMILES string of the molecule is CCC(C)(C)C1=NN(C(=O)NC(C)(C)Cc2ccc(F)cc2)CC1c1ccccc1. The molecule has 2 aromatic rings. The first-order valence-corrected chi connectivity index (χ1v) is 10.6. The zero-order chi connectivity index (χ0) is 21.9. The predicted molar refractivity (Wildman–Crippen MR) is 120 cm³/mol. The first-order valence-electron chi connectivity index (χ1n) is 10.6. The van der Waals surface area contributed by atoms with Crippen molar-refractivity contribution in [3.8, 4) is 0 Å². The molecule has 4 nitrogen and oxygen atoms in total. The summed E-state index contributed by atoms with van der Waals surface area (Å²) in [5.74, 6) is -0.169. The van der Waals surface area contributed by atoms with Crippen molar-refractivity contribution < 1.29 is 9.18 Å². The summed E-state index contributed by atoms with van der Waals surface area (Å²) >= 11 is 0. The number of benzene rings is 2. The maximum Gasteiger partial charge on any atom is 0.338 e. The molecule has 1 unspecified atom stereocenters. The molecule has 2 aromatic carbocycles. The number of hydrogen-bond donors (Lipinski definition) is 1. The standard InChI is InChI=1S/C25H32FN3O/c1-6-24(2,3)22-21(19-10-8-7-9-11-19)17-29(28-22)23(30)27-25(4,5)16-18-12-14-20(26)15-13-18/h7-15,21H,6,16-17H2,1-5H3,(H,27,30). The molecule has 1 heterocycles. The van der Waals surface area contributed by atoms with Crippen LogP contribution in [-0.2, 0) is 6.42 Å². The van der Waals surface area contributed by atoms with Crippen molar-refractivity contribution in [1.29, 1.82) is 0 Å². The Balaban J connectivity index is 1.77. The molecule has 0 aliphatic carbocycles. The minimum Gasteiger partial charge on any atom is -0.331 e. The summed E-state index contributed by atoms with van der Waals surface area (Å²) in [4.78, 5) is 13.1. The largest absolute Gasteiger partial charge is 0.338 e. The molecule has 0 fully saturated rings. The molecule has 0 saturated heterocycles. The topological polar surface area (TPSA) is 44.7 Å². The Morgan fingerprint density at radius 2 is 1.73 bits per heavy atom. The quantitative estimate of drug-likeness (QED) is 0.649. The molecule has 0 saturated carbocycles. The minimum atomic E-state index is -0.490. The third kappa shape index (κ3) is 5.07. The van der Waals surface area contributed by atoms with Crippen LogP contribution in [0.25, 0.3) is 0 Å². The van der Waals surface area contributed by atoms with Gasteiger partial charge in [-0.05, 0) is 49.9 Å². The van der Waals surface area contributed by atoms with Crippen LogP contribution >= 0.6 is 0 Å². The van der Waals surface area contributed by atoms with Gasteiger partial charge in [-0.2, -0.15) is 5.10 Å². The lowest BCUT2D eigenvalue weighted by Crippen LogP contribution is -2.49. The van der Waals surface area contributed by atoms with E-state index < -0.39 is 5.54 Å². The van der Waals surface area contributed by atoms with Crippen LogP contribution in [0.3, 0.4) is 0 Å². The highest BCUT2D eigenvalue weighted by Crippen LogP contribution is 2.36. The molecular formula is C25H32FN3O. The minimum absolute atomic E-state index is 0.0899. The number of nitrogens with zero attached hydrogens (tertiary/aromatic N) is 2. The van der Waals surface area contributed by atoms with Crippen LogP contribution in [0.15, 0.2) is 59.7 Å². The van der Waals surface area contributed by atoms with Gasteiger partial charge in [0, 0.05) is 16.9 Å². The maximum absolute atomic E-state index is 13.2. The van der Waals surface area contributed by atoms with Gasteiger partial charge in [-0.3, -0.25) is 0 Å². The highest BCUT2D eigenvalue weighted by molar-refractivity contribution is 5.98.